The van der Waals surface area contributed by atoms with Crippen LogP contribution in [0.4, 0.5) is 0 Å². The molecule has 4 heteroatoms. The number of carbonyl (C=O) groups is 1. The SMILES string of the molecule is COc1cc(OC)cc(C(=O)C(C)(N)c2ccccc2)c1. The van der Waals surface area contributed by atoms with Crippen LogP contribution in [0.3, 0.4) is 0 Å². The highest BCUT2D eigenvalue weighted by molar-refractivity contribution is 6.04. The maximum Gasteiger partial charge on any atom is 0.187 e. The summed E-state index contributed by atoms with van der Waals surface area (Å²) in [4.78, 5) is 12.8. The van der Waals surface area contributed by atoms with E-state index in [0.29, 0.717) is 17.1 Å². The van der Waals surface area contributed by atoms with E-state index in [1.165, 1.54) is 0 Å². The molecule has 2 rings (SSSR count). The van der Waals surface area contributed by atoms with Gasteiger partial charge >= 0.3 is 0 Å². The summed E-state index contributed by atoms with van der Waals surface area (Å²) in [5, 5.41) is 0. The second-order valence-corrected chi connectivity index (χ2v) is 5.00. The molecule has 0 aromatic heterocycles. The van der Waals surface area contributed by atoms with Gasteiger partial charge in [0.1, 0.15) is 17.0 Å². The topological polar surface area (TPSA) is 61.5 Å². The fraction of sp³-hybridized carbons (Fsp3) is 0.235. The van der Waals surface area contributed by atoms with E-state index < -0.39 is 5.54 Å². The van der Waals surface area contributed by atoms with Crippen molar-refractivity contribution in [2.45, 2.75) is 12.5 Å². The fourth-order valence-electron chi connectivity index (χ4n) is 2.15. The normalized spacial score (nSPS) is 13.3. The number of ketones is 1. The predicted octanol–water partition coefficient (Wildman–Crippen LogP) is 2.76. The summed E-state index contributed by atoms with van der Waals surface area (Å²) in [7, 11) is 3.09. The van der Waals surface area contributed by atoms with Gasteiger partial charge in [0.2, 0.25) is 0 Å². The molecule has 0 saturated carbocycles. The lowest BCUT2D eigenvalue weighted by Crippen LogP contribution is -2.41. The first kappa shape index (κ1) is 15.1. The molecule has 0 fully saturated rings. The number of methoxy groups -OCH3 is 2. The third-order valence-electron chi connectivity index (χ3n) is 3.46. The summed E-state index contributed by atoms with van der Waals surface area (Å²) in [5.74, 6) is 0.925. The number of benzene rings is 2. The molecule has 0 aliphatic heterocycles. The van der Waals surface area contributed by atoms with Crippen molar-refractivity contribution in [3.05, 3.63) is 59.7 Å². The van der Waals surface area contributed by atoms with Gasteiger partial charge < -0.3 is 15.2 Å². The molecule has 0 heterocycles. The quantitative estimate of drug-likeness (QED) is 0.858. The maximum atomic E-state index is 12.8. The van der Waals surface area contributed by atoms with Crippen LogP contribution in [-0.2, 0) is 5.54 Å². The van der Waals surface area contributed by atoms with Crippen molar-refractivity contribution >= 4 is 5.78 Å². The minimum atomic E-state index is -1.11. The van der Waals surface area contributed by atoms with Gasteiger partial charge in [-0.2, -0.15) is 0 Å². The van der Waals surface area contributed by atoms with Gasteiger partial charge in [0, 0.05) is 11.6 Å². The van der Waals surface area contributed by atoms with E-state index >= 15 is 0 Å². The molecule has 1 atom stereocenters. The maximum absolute atomic E-state index is 12.8. The van der Waals surface area contributed by atoms with E-state index in [9.17, 15) is 4.79 Å². The Morgan fingerprint density at radius 3 is 2.00 bits per heavy atom. The molecule has 0 spiro atoms. The van der Waals surface area contributed by atoms with Gasteiger partial charge in [-0.3, -0.25) is 4.79 Å². The summed E-state index contributed by atoms with van der Waals surface area (Å²) in [6, 6.07) is 14.3. The second kappa shape index (κ2) is 5.97. The van der Waals surface area contributed by atoms with Gasteiger partial charge in [-0.05, 0) is 24.6 Å². The van der Waals surface area contributed by atoms with Crippen LogP contribution >= 0.6 is 0 Å². The van der Waals surface area contributed by atoms with E-state index in [1.807, 2.05) is 30.3 Å². The Bertz CT molecular complexity index is 613. The van der Waals surface area contributed by atoms with Crippen molar-refractivity contribution in [2.75, 3.05) is 14.2 Å². The molecule has 0 aliphatic rings. The van der Waals surface area contributed by atoms with Crippen LogP contribution in [0.15, 0.2) is 48.5 Å². The molecule has 1 unspecified atom stereocenters. The van der Waals surface area contributed by atoms with Crippen LogP contribution in [0.25, 0.3) is 0 Å². The Balaban J connectivity index is 2.44. The van der Waals surface area contributed by atoms with Crippen molar-refractivity contribution in [3.8, 4) is 11.5 Å². The van der Waals surface area contributed by atoms with Crippen LogP contribution in [0.2, 0.25) is 0 Å². The highest BCUT2D eigenvalue weighted by atomic mass is 16.5. The van der Waals surface area contributed by atoms with Gasteiger partial charge in [0.25, 0.3) is 0 Å². The number of nitrogens with two attached hydrogens (primary N) is 1. The van der Waals surface area contributed by atoms with Gasteiger partial charge in [0.15, 0.2) is 5.78 Å². The Labute approximate surface area is 124 Å². The molecule has 2 N–H and O–H groups in total. The zero-order valence-corrected chi connectivity index (χ0v) is 12.4. The van der Waals surface area contributed by atoms with Crippen molar-refractivity contribution in [2.24, 2.45) is 5.73 Å². The summed E-state index contributed by atoms with van der Waals surface area (Å²) < 4.78 is 10.4. The average molecular weight is 285 g/mol. The first-order valence-corrected chi connectivity index (χ1v) is 6.61. The van der Waals surface area contributed by atoms with Crippen LogP contribution < -0.4 is 15.2 Å². The Morgan fingerprint density at radius 1 is 1.00 bits per heavy atom. The fourth-order valence-corrected chi connectivity index (χ4v) is 2.15. The van der Waals surface area contributed by atoms with Gasteiger partial charge in [0.05, 0.1) is 14.2 Å². The number of ether oxygens (including phenoxy) is 2. The standard InChI is InChI=1S/C17H19NO3/c1-17(18,13-7-5-4-6-8-13)16(19)12-9-14(20-2)11-15(10-12)21-3/h4-11H,18H2,1-3H3. The number of hydrogen-bond acceptors (Lipinski definition) is 4. The molecule has 0 aliphatic carbocycles. The molecule has 21 heavy (non-hydrogen) atoms. The predicted molar refractivity (Wildman–Crippen MR) is 81.9 cm³/mol. The largest absolute Gasteiger partial charge is 0.497 e. The summed E-state index contributed by atoms with van der Waals surface area (Å²) in [6.07, 6.45) is 0. The Morgan fingerprint density at radius 2 is 1.52 bits per heavy atom. The van der Waals surface area contributed by atoms with Crippen LogP contribution in [0, 0.1) is 0 Å². The Hall–Kier alpha value is -2.33. The molecular formula is C17H19NO3. The lowest BCUT2D eigenvalue weighted by molar-refractivity contribution is 0.0899. The van der Waals surface area contributed by atoms with Crippen molar-refractivity contribution in [1.29, 1.82) is 0 Å². The van der Waals surface area contributed by atoms with Crippen LogP contribution in [0.5, 0.6) is 11.5 Å². The summed E-state index contributed by atoms with van der Waals surface area (Å²) >= 11 is 0. The molecular weight excluding hydrogens is 266 g/mol. The molecule has 0 bridgehead atoms. The monoisotopic (exact) mass is 285 g/mol. The van der Waals surface area contributed by atoms with Crippen molar-refractivity contribution < 1.29 is 14.3 Å². The third-order valence-corrected chi connectivity index (χ3v) is 3.46. The van der Waals surface area contributed by atoms with Gasteiger partial charge in [-0.25, -0.2) is 0 Å². The first-order valence-electron chi connectivity index (χ1n) is 6.61. The first-order chi connectivity index (χ1) is 9.98. The van der Waals surface area contributed by atoms with E-state index in [-0.39, 0.29) is 5.78 Å². The van der Waals surface area contributed by atoms with E-state index in [4.69, 9.17) is 15.2 Å². The lowest BCUT2D eigenvalue weighted by Gasteiger charge is -2.24. The molecule has 2 aromatic carbocycles. The van der Waals surface area contributed by atoms with Gasteiger partial charge in [-0.15, -0.1) is 0 Å². The molecule has 110 valence electrons. The lowest BCUT2D eigenvalue weighted by atomic mass is 9.85. The minimum absolute atomic E-state index is 0.189. The van der Waals surface area contributed by atoms with Gasteiger partial charge in [-0.1, -0.05) is 30.3 Å². The van der Waals surface area contributed by atoms with E-state index in [2.05, 4.69) is 0 Å². The Kier molecular flexibility index (Phi) is 4.29. The summed E-state index contributed by atoms with van der Waals surface area (Å²) in [5.41, 5.74) is 6.37. The highest BCUT2D eigenvalue weighted by Crippen LogP contribution is 2.28. The summed E-state index contributed by atoms with van der Waals surface area (Å²) in [6.45, 7) is 1.70. The smallest absolute Gasteiger partial charge is 0.187 e. The minimum Gasteiger partial charge on any atom is -0.497 e. The van der Waals surface area contributed by atoms with Crippen LogP contribution in [-0.4, -0.2) is 20.0 Å². The second-order valence-electron chi connectivity index (χ2n) is 5.00. The molecule has 2 aromatic rings. The third kappa shape index (κ3) is 3.06. The highest BCUT2D eigenvalue weighted by Gasteiger charge is 2.31. The molecule has 0 radical (unpaired) electrons. The number of Topliss-reactive ketones (excluding diaryl/α,β-unsaturated/α-hetero) is 1. The average Bonchev–Trinajstić information content (AvgIpc) is 2.54. The molecule has 0 saturated heterocycles. The zero-order valence-electron chi connectivity index (χ0n) is 12.4. The number of hydrogen-bond donors (Lipinski definition) is 1. The van der Waals surface area contributed by atoms with E-state index in [1.54, 1.807) is 39.3 Å². The zero-order chi connectivity index (χ0) is 15.5. The van der Waals surface area contributed by atoms with E-state index in [0.717, 1.165) is 5.56 Å². The number of carbonyl (C=O) groups excluding carboxylic acids is 1. The van der Waals surface area contributed by atoms with Crippen molar-refractivity contribution in [3.63, 3.8) is 0 Å². The van der Waals surface area contributed by atoms with Crippen LogP contribution in [0.1, 0.15) is 22.8 Å². The van der Waals surface area contributed by atoms with Crippen molar-refractivity contribution in [1.82, 2.24) is 0 Å². The molecule has 4 nitrogen and oxygen atoms in total. The molecule has 0 amide bonds. The number of rotatable bonds is 5.